The number of aryl methyl sites for hydroxylation is 1. The van der Waals surface area contributed by atoms with Crippen LogP contribution in [0.25, 0.3) is 11.4 Å². The standard InChI is InChI=1S/C23H25FN4O2/c1-16-4-2-3-5-19(16)14-25-23(29)18-10-12-28(13-11-18)15-21-26-22(27-30-21)17-6-8-20(24)9-7-17/h2-9,18H,10-15H2,1H3,(H,25,29). The first kappa shape index (κ1) is 20.2. The third kappa shape index (κ3) is 4.91. The van der Waals surface area contributed by atoms with Crippen molar-refractivity contribution in [1.82, 2.24) is 20.4 Å². The van der Waals surface area contributed by atoms with Gasteiger partial charge in [0.05, 0.1) is 6.54 Å². The molecule has 1 fully saturated rings. The number of piperidine rings is 1. The van der Waals surface area contributed by atoms with Crippen molar-refractivity contribution in [2.24, 2.45) is 5.92 Å². The third-order valence-corrected chi connectivity index (χ3v) is 5.60. The second kappa shape index (κ2) is 9.17. The summed E-state index contributed by atoms with van der Waals surface area (Å²) in [5, 5.41) is 7.06. The van der Waals surface area contributed by atoms with E-state index < -0.39 is 0 Å². The zero-order valence-corrected chi connectivity index (χ0v) is 17.0. The summed E-state index contributed by atoms with van der Waals surface area (Å²) in [6.07, 6.45) is 1.61. The van der Waals surface area contributed by atoms with E-state index in [1.54, 1.807) is 12.1 Å². The maximum absolute atomic E-state index is 13.1. The van der Waals surface area contributed by atoms with E-state index in [1.807, 2.05) is 18.2 Å². The van der Waals surface area contributed by atoms with Gasteiger partial charge in [0, 0.05) is 18.0 Å². The molecule has 0 atom stereocenters. The average Bonchev–Trinajstić information content (AvgIpc) is 3.22. The summed E-state index contributed by atoms with van der Waals surface area (Å²) in [6, 6.07) is 14.1. The highest BCUT2D eigenvalue weighted by molar-refractivity contribution is 5.78. The van der Waals surface area contributed by atoms with Crippen LogP contribution in [-0.2, 0) is 17.9 Å². The molecule has 4 rings (SSSR count). The predicted molar refractivity (Wildman–Crippen MR) is 111 cm³/mol. The summed E-state index contributed by atoms with van der Waals surface area (Å²) in [5.41, 5.74) is 3.05. The van der Waals surface area contributed by atoms with Crippen molar-refractivity contribution < 1.29 is 13.7 Å². The lowest BCUT2D eigenvalue weighted by Gasteiger charge is -2.30. The van der Waals surface area contributed by atoms with E-state index in [1.165, 1.54) is 17.7 Å². The maximum Gasteiger partial charge on any atom is 0.241 e. The van der Waals surface area contributed by atoms with Crippen molar-refractivity contribution in [2.75, 3.05) is 13.1 Å². The summed E-state index contributed by atoms with van der Waals surface area (Å²) in [6.45, 7) is 4.78. The molecule has 0 saturated carbocycles. The van der Waals surface area contributed by atoms with Crippen LogP contribution in [-0.4, -0.2) is 34.0 Å². The molecule has 1 aromatic heterocycles. The minimum atomic E-state index is -0.298. The molecule has 30 heavy (non-hydrogen) atoms. The molecule has 0 radical (unpaired) electrons. The van der Waals surface area contributed by atoms with Gasteiger partial charge in [-0.05, 0) is 68.2 Å². The van der Waals surface area contributed by atoms with Crippen LogP contribution in [0.5, 0.6) is 0 Å². The Morgan fingerprint density at radius 3 is 2.63 bits per heavy atom. The summed E-state index contributed by atoms with van der Waals surface area (Å²) in [4.78, 5) is 19.2. The Labute approximate surface area is 175 Å². The van der Waals surface area contributed by atoms with E-state index in [4.69, 9.17) is 4.52 Å². The zero-order chi connectivity index (χ0) is 20.9. The van der Waals surface area contributed by atoms with Gasteiger partial charge in [0.25, 0.3) is 0 Å². The molecule has 7 heteroatoms. The highest BCUT2D eigenvalue weighted by Gasteiger charge is 2.26. The molecular formula is C23H25FN4O2. The quantitative estimate of drug-likeness (QED) is 0.673. The number of aromatic nitrogens is 2. The van der Waals surface area contributed by atoms with Crippen molar-refractivity contribution in [2.45, 2.75) is 32.9 Å². The minimum absolute atomic E-state index is 0.0303. The van der Waals surface area contributed by atoms with E-state index in [0.29, 0.717) is 24.8 Å². The molecular weight excluding hydrogens is 383 g/mol. The number of halogens is 1. The van der Waals surface area contributed by atoms with Gasteiger partial charge < -0.3 is 9.84 Å². The average molecular weight is 408 g/mol. The summed E-state index contributed by atoms with van der Waals surface area (Å²) in [7, 11) is 0. The number of carbonyl (C=O) groups excluding carboxylic acids is 1. The van der Waals surface area contributed by atoms with Crippen LogP contribution < -0.4 is 5.32 Å². The Hall–Kier alpha value is -3.06. The smallest absolute Gasteiger partial charge is 0.241 e. The minimum Gasteiger partial charge on any atom is -0.352 e. The molecule has 1 aliphatic heterocycles. The molecule has 1 aliphatic rings. The fraction of sp³-hybridized carbons (Fsp3) is 0.348. The van der Waals surface area contributed by atoms with E-state index in [-0.39, 0.29) is 17.6 Å². The first-order chi connectivity index (χ1) is 14.6. The Morgan fingerprint density at radius 2 is 1.90 bits per heavy atom. The molecule has 0 spiro atoms. The van der Waals surface area contributed by atoms with E-state index in [9.17, 15) is 9.18 Å². The largest absolute Gasteiger partial charge is 0.352 e. The molecule has 0 unspecified atom stereocenters. The molecule has 1 amide bonds. The Kier molecular flexibility index (Phi) is 6.18. The van der Waals surface area contributed by atoms with Gasteiger partial charge in [0.2, 0.25) is 17.6 Å². The number of hydrogen-bond acceptors (Lipinski definition) is 5. The van der Waals surface area contributed by atoms with Crippen molar-refractivity contribution in [3.05, 3.63) is 71.4 Å². The van der Waals surface area contributed by atoms with Crippen LogP contribution in [0.2, 0.25) is 0 Å². The number of amides is 1. The van der Waals surface area contributed by atoms with Crippen molar-refractivity contribution in [3.63, 3.8) is 0 Å². The summed E-state index contributed by atoms with van der Waals surface area (Å²) < 4.78 is 18.4. The fourth-order valence-corrected chi connectivity index (χ4v) is 3.71. The van der Waals surface area contributed by atoms with Crippen LogP contribution in [0.4, 0.5) is 4.39 Å². The summed E-state index contributed by atoms with van der Waals surface area (Å²) >= 11 is 0. The predicted octanol–water partition coefficient (Wildman–Crippen LogP) is 3.71. The van der Waals surface area contributed by atoms with Crippen LogP contribution >= 0.6 is 0 Å². The number of rotatable bonds is 6. The first-order valence-corrected chi connectivity index (χ1v) is 10.2. The molecule has 3 aromatic rings. The van der Waals surface area contributed by atoms with Gasteiger partial charge in [-0.2, -0.15) is 4.98 Å². The lowest BCUT2D eigenvalue weighted by molar-refractivity contribution is -0.126. The maximum atomic E-state index is 13.1. The summed E-state index contributed by atoms with van der Waals surface area (Å²) in [5.74, 6) is 0.831. The number of nitrogens with zero attached hydrogens (tertiary/aromatic N) is 3. The molecule has 1 N–H and O–H groups in total. The lowest BCUT2D eigenvalue weighted by Crippen LogP contribution is -2.40. The van der Waals surface area contributed by atoms with E-state index >= 15 is 0 Å². The molecule has 6 nitrogen and oxygen atoms in total. The van der Waals surface area contributed by atoms with Gasteiger partial charge in [-0.25, -0.2) is 4.39 Å². The normalized spacial score (nSPS) is 15.3. The van der Waals surface area contributed by atoms with E-state index in [2.05, 4.69) is 33.3 Å². The van der Waals surface area contributed by atoms with Crippen molar-refractivity contribution in [1.29, 1.82) is 0 Å². The monoisotopic (exact) mass is 408 g/mol. The van der Waals surface area contributed by atoms with Gasteiger partial charge in [0.15, 0.2) is 0 Å². The Bertz CT molecular complexity index is 994. The Balaban J connectivity index is 1.25. The van der Waals surface area contributed by atoms with Gasteiger partial charge >= 0.3 is 0 Å². The second-order valence-electron chi connectivity index (χ2n) is 7.71. The van der Waals surface area contributed by atoms with E-state index in [0.717, 1.165) is 37.1 Å². The fourth-order valence-electron chi connectivity index (χ4n) is 3.71. The van der Waals surface area contributed by atoms with Crippen LogP contribution in [0, 0.1) is 18.7 Å². The van der Waals surface area contributed by atoms with Gasteiger partial charge in [-0.15, -0.1) is 0 Å². The van der Waals surface area contributed by atoms with Gasteiger partial charge in [0.1, 0.15) is 5.82 Å². The highest BCUT2D eigenvalue weighted by atomic mass is 19.1. The zero-order valence-electron chi connectivity index (χ0n) is 17.0. The van der Waals surface area contributed by atoms with Crippen molar-refractivity contribution in [3.8, 4) is 11.4 Å². The number of hydrogen-bond donors (Lipinski definition) is 1. The molecule has 0 aliphatic carbocycles. The van der Waals surface area contributed by atoms with Gasteiger partial charge in [-0.1, -0.05) is 29.4 Å². The molecule has 156 valence electrons. The van der Waals surface area contributed by atoms with Crippen LogP contribution in [0.15, 0.2) is 53.1 Å². The molecule has 0 bridgehead atoms. The van der Waals surface area contributed by atoms with Crippen LogP contribution in [0.3, 0.4) is 0 Å². The highest BCUT2D eigenvalue weighted by Crippen LogP contribution is 2.21. The number of likely N-dealkylation sites (tertiary alicyclic amines) is 1. The van der Waals surface area contributed by atoms with Crippen LogP contribution in [0.1, 0.15) is 29.9 Å². The number of nitrogens with one attached hydrogen (secondary N) is 1. The number of carbonyl (C=O) groups is 1. The SMILES string of the molecule is Cc1ccccc1CNC(=O)C1CCN(Cc2nc(-c3ccc(F)cc3)no2)CC1. The molecule has 1 saturated heterocycles. The first-order valence-electron chi connectivity index (χ1n) is 10.2. The molecule has 2 aromatic carbocycles. The van der Waals surface area contributed by atoms with Crippen molar-refractivity contribution >= 4 is 5.91 Å². The Morgan fingerprint density at radius 1 is 1.17 bits per heavy atom. The number of benzene rings is 2. The third-order valence-electron chi connectivity index (χ3n) is 5.60. The van der Waals surface area contributed by atoms with Gasteiger partial charge in [-0.3, -0.25) is 9.69 Å². The molecule has 2 heterocycles. The lowest BCUT2D eigenvalue weighted by atomic mass is 9.95. The second-order valence-corrected chi connectivity index (χ2v) is 7.71. The topological polar surface area (TPSA) is 71.3 Å².